The number of rotatable bonds is 4. The van der Waals surface area contributed by atoms with Crippen LogP contribution in [0.2, 0.25) is 5.02 Å². The van der Waals surface area contributed by atoms with Gasteiger partial charge in [-0.25, -0.2) is 0 Å². The quantitative estimate of drug-likeness (QED) is 0.860. The molecule has 19 heavy (non-hydrogen) atoms. The molecule has 6 heteroatoms. The molecule has 1 aliphatic rings. The Balaban J connectivity index is 2.05. The van der Waals surface area contributed by atoms with Gasteiger partial charge in [-0.2, -0.15) is 0 Å². The molecule has 1 saturated heterocycles. The van der Waals surface area contributed by atoms with E-state index in [0.29, 0.717) is 10.6 Å². The van der Waals surface area contributed by atoms with Gasteiger partial charge in [0, 0.05) is 32.2 Å². The zero-order chi connectivity index (χ0) is 13.8. The summed E-state index contributed by atoms with van der Waals surface area (Å²) >= 11 is 6.18. The van der Waals surface area contributed by atoms with Gasteiger partial charge < -0.3 is 20.7 Å². The molecule has 0 spiro atoms. The van der Waals surface area contributed by atoms with E-state index < -0.39 is 5.91 Å². The number of nitrogens with zero attached hydrogens (tertiary/aromatic N) is 1. The fourth-order valence-corrected chi connectivity index (χ4v) is 2.44. The Bertz CT molecular complexity index is 461. The SMILES string of the molecule is CN(CC1CNCCO1)c1ccc(C(N)=O)cc1Cl. The van der Waals surface area contributed by atoms with Crippen molar-refractivity contribution in [1.82, 2.24) is 5.32 Å². The number of primary amides is 1. The first-order valence-electron chi connectivity index (χ1n) is 6.20. The van der Waals surface area contributed by atoms with E-state index in [0.717, 1.165) is 31.9 Å². The van der Waals surface area contributed by atoms with Gasteiger partial charge in [-0.15, -0.1) is 0 Å². The van der Waals surface area contributed by atoms with Crippen molar-refractivity contribution < 1.29 is 9.53 Å². The highest BCUT2D eigenvalue weighted by Crippen LogP contribution is 2.26. The van der Waals surface area contributed by atoms with Crippen LogP contribution in [0.3, 0.4) is 0 Å². The molecular formula is C13H18ClN3O2. The number of morpholine rings is 1. The lowest BCUT2D eigenvalue weighted by molar-refractivity contribution is 0.0340. The fourth-order valence-electron chi connectivity index (χ4n) is 2.11. The number of hydrogen-bond acceptors (Lipinski definition) is 4. The number of nitrogens with one attached hydrogen (secondary N) is 1. The van der Waals surface area contributed by atoms with E-state index in [1.165, 1.54) is 0 Å². The molecule has 0 aliphatic carbocycles. The van der Waals surface area contributed by atoms with Gasteiger partial charge in [0.2, 0.25) is 5.91 Å². The van der Waals surface area contributed by atoms with E-state index in [-0.39, 0.29) is 6.10 Å². The molecule has 0 saturated carbocycles. The number of carbonyl (C=O) groups is 1. The van der Waals surface area contributed by atoms with Crippen LogP contribution in [0.5, 0.6) is 0 Å². The molecule has 5 nitrogen and oxygen atoms in total. The topological polar surface area (TPSA) is 67.6 Å². The highest BCUT2D eigenvalue weighted by atomic mass is 35.5. The van der Waals surface area contributed by atoms with Crippen LogP contribution in [0.25, 0.3) is 0 Å². The van der Waals surface area contributed by atoms with E-state index in [9.17, 15) is 4.79 Å². The standard InChI is InChI=1S/C13H18ClN3O2/c1-17(8-10-7-16-4-5-19-10)12-3-2-9(13(15)18)6-11(12)14/h2-3,6,10,16H,4-5,7-8H2,1H3,(H2,15,18). The number of carbonyl (C=O) groups excluding carboxylic acids is 1. The lowest BCUT2D eigenvalue weighted by atomic mass is 10.2. The van der Waals surface area contributed by atoms with E-state index in [2.05, 4.69) is 5.32 Å². The predicted molar refractivity (Wildman–Crippen MR) is 75.8 cm³/mol. The van der Waals surface area contributed by atoms with Gasteiger partial charge in [-0.3, -0.25) is 4.79 Å². The molecule has 1 aromatic carbocycles. The number of amides is 1. The number of ether oxygens (including phenoxy) is 1. The molecule has 1 amide bonds. The summed E-state index contributed by atoms with van der Waals surface area (Å²) in [4.78, 5) is 13.1. The Labute approximate surface area is 117 Å². The third-order valence-electron chi connectivity index (χ3n) is 3.13. The minimum atomic E-state index is -0.476. The second-order valence-electron chi connectivity index (χ2n) is 4.61. The Hall–Kier alpha value is -1.30. The number of anilines is 1. The number of halogens is 1. The largest absolute Gasteiger partial charge is 0.374 e. The van der Waals surface area contributed by atoms with E-state index in [4.69, 9.17) is 22.1 Å². The van der Waals surface area contributed by atoms with Crippen LogP contribution >= 0.6 is 11.6 Å². The Kier molecular flexibility index (Phi) is 4.63. The van der Waals surface area contributed by atoms with Crippen LogP contribution in [0.4, 0.5) is 5.69 Å². The molecule has 0 radical (unpaired) electrons. The van der Waals surface area contributed by atoms with E-state index in [1.807, 2.05) is 11.9 Å². The van der Waals surface area contributed by atoms with Crippen molar-refractivity contribution in [3.63, 3.8) is 0 Å². The Morgan fingerprint density at radius 3 is 3.00 bits per heavy atom. The van der Waals surface area contributed by atoms with Crippen molar-refractivity contribution in [2.24, 2.45) is 5.73 Å². The van der Waals surface area contributed by atoms with Crippen molar-refractivity contribution in [3.8, 4) is 0 Å². The maximum atomic E-state index is 11.1. The minimum absolute atomic E-state index is 0.144. The molecular weight excluding hydrogens is 266 g/mol. The first kappa shape index (κ1) is 14.1. The van der Waals surface area contributed by atoms with Crippen LogP contribution in [0, 0.1) is 0 Å². The molecule has 0 aromatic heterocycles. The number of benzene rings is 1. The number of nitrogens with two attached hydrogens (primary N) is 1. The van der Waals surface area contributed by atoms with Crippen molar-refractivity contribution in [3.05, 3.63) is 28.8 Å². The Morgan fingerprint density at radius 1 is 1.63 bits per heavy atom. The molecule has 3 N–H and O–H groups in total. The summed E-state index contributed by atoms with van der Waals surface area (Å²) in [7, 11) is 1.95. The van der Waals surface area contributed by atoms with Crippen molar-refractivity contribution in [2.75, 3.05) is 38.2 Å². The number of hydrogen-bond donors (Lipinski definition) is 2. The molecule has 1 aromatic rings. The highest BCUT2D eigenvalue weighted by Gasteiger charge is 2.17. The molecule has 1 atom stereocenters. The van der Waals surface area contributed by atoms with Gasteiger partial charge >= 0.3 is 0 Å². The van der Waals surface area contributed by atoms with Crippen molar-refractivity contribution in [2.45, 2.75) is 6.10 Å². The summed E-state index contributed by atoms with van der Waals surface area (Å²) in [5, 5.41) is 3.80. The van der Waals surface area contributed by atoms with Crippen LogP contribution in [-0.4, -0.2) is 45.3 Å². The van der Waals surface area contributed by atoms with Crippen LogP contribution in [0.15, 0.2) is 18.2 Å². The van der Waals surface area contributed by atoms with Gasteiger partial charge in [0.25, 0.3) is 0 Å². The molecule has 1 heterocycles. The molecule has 0 bridgehead atoms. The summed E-state index contributed by atoms with van der Waals surface area (Å²) in [5.74, 6) is -0.476. The molecule has 1 fully saturated rings. The minimum Gasteiger partial charge on any atom is -0.374 e. The molecule has 1 unspecified atom stereocenters. The molecule has 104 valence electrons. The van der Waals surface area contributed by atoms with E-state index >= 15 is 0 Å². The Morgan fingerprint density at radius 2 is 2.42 bits per heavy atom. The second kappa shape index (κ2) is 6.23. The molecule has 2 rings (SSSR count). The van der Waals surface area contributed by atoms with Crippen LogP contribution < -0.4 is 16.0 Å². The first-order chi connectivity index (χ1) is 9.08. The van der Waals surface area contributed by atoms with Gasteiger partial charge in [0.05, 0.1) is 23.4 Å². The monoisotopic (exact) mass is 283 g/mol. The highest BCUT2D eigenvalue weighted by molar-refractivity contribution is 6.33. The number of likely N-dealkylation sites (N-methyl/N-ethyl adjacent to an activating group) is 1. The van der Waals surface area contributed by atoms with Gasteiger partial charge in [-0.1, -0.05) is 11.6 Å². The smallest absolute Gasteiger partial charge is 0.248 e. The second-order valence-corrected chi connectivity index (χ2v) is 5.02. The predicted octanol–water partition coefficient (Wildman–Crippen LogP) is 0.863. The first-order valence-corrected chi connectivity index (χ1v) is 6.58. The average molecular weight is 284 g/mol. The molecule has 1 aliphatic heterocycles. The van der Waals surface area contributed by atoms with E-state index in [1.54, 1.807) is 18.2 Å². The van der Waals surface area contributed by atoms with Gasteiger partial charge in [0.1, 0.15) is 0 Å². The van der Waals surface area contributed by atoms with Crippen molar-refractivity contribution in [1.29, 1.82) is 0 Å². The van der Waals surface area contributed by atoms with Crippen LogP contribution in [0.1, 0.15) is 10.4 Å². The maximum absolute atomic E-state index is 11.1. The van der Waals surface area contributed by atoms with Crippen molar-refractivity contribution >= 4 is 23.2 Å². The zero-order valence-corrected chi connectivity index (χ0v) is 11.6. The van der Waals surface area contributed by atoms with Gasteiger partial charge in [-0.05, 0) is 18.2 Å². The summed E-state index contributed by atoms with van der Waals surface area (Å²) in [6.07, 6.45) is 0.144. The summed E-state index contributed by atoms with van der Waals surface area (Å²) in [6, 6.07) is 5.08. The third kappa shape index (κ3) is 3.59. The fraction of sp³-hybridized carbons (Fsp3) is 0.462. The summed E-state index contributed by atoms with van der Waals surface area (Å²) in [6.45, 7) is 3.20. The maximum Gasteiger partial charge on any atom is 0.248 e. The average Bonchev–Trinajstić information content (AvgIpc) is 2.39. The summed E-state index contributed by atoms with van der Waals surface area (Å²) < 4.78 is 5.65. The van der Waals surface area contributed by atoms with Gasteiger partial charge in [0.15, 0.2) is 0 Å². The lowest BCUT2D eigenvalue weighted by Gasteiger charge is -2.29. The summed E-state index contributed by atoms with van der Waals surface area (Å²) in [5.41, 5.74) is 6.50. The third-order valence-corrected chi connectivity index (χ3v) is 3.43. The lowest BCUT2D eigenvalue weighted by Crippen LogP contribution is -2.44. The zero-order valence-electron chi connectivity index (χ0n) is 10.9. The van der Waals surface area contributed by atoms with Crippen LogP contribution in [-0.2, 0) is 4.74 Å². The normalized spacial score (nSPS) is 19.2.